The van der Waals surface area contributed by atoms with Gasteiger partial charge in [0.05, 0.1) is 51.0 Å². The largest absolute Gasteiger partial charge is 0.461 e. The number of hydrogen-bond donors (Lipinski definition) is 7. The van der Waals surface area contributed by atoms with E-state index in [1.807, 2.05) is 99.6 Å². The first kappa shape index (κ1) is 107. The number of nitriles is 1. The molecule has 38 heteroatoms. The number of aromatic amines is 7. The number of fused-ring (bicyclic) bond motifs is 9. The Morgan fingerprint density at radius 1 is 0.369 bits per heavy atom. The van der Waals surface area contributed by atoms with Crippen molar-refractivity contribution in [3.05, 3.63) is 270 Å². The maximum absolute atomic E-state index is 12.0. The molecule has 141 heavy (non-hydrogen) atoms. The van der Waals surface area contributed by atoms with Gasteiger partial charge >= 0.3 is 40.3 Å². The molecule has 0 fully saturated rings. The van der Waals surface area contributed by atoms with Crippen LogP contribution in [-0.4, -0.2) is 112 Å². The molecule has 18 aromatic rings. The number of hydrogen-bond acceptors (Lipinski definition) is 24. The van der Waals surface area contributed by atoms with E-state index in [4.69, 9.17) is 32.4 Å². The zero-order valence-corrected chi connectivity index (χ0v) is 86.3. The average molecular weight is 1970 g/mol. The lowest BCUT2D eigenvalue weighted by Gasteiger charge is -2.19. The van der Waals surface area contributed by atoms with E-state index in [0.29, 0.717) is 51.7 Å². The molecule has 4 aromatic carbocycles. The van der Waals surface area contributed by atoms with Crippen molar-refractivity contribution in [2.75, 3.05) is 18.6 Å². The topological polar surface area (TPSA) is 460 Å². The van der Waals surface area contributed by atoms with Gasteiger partial charge in [-0.1, -0.05) is 253 Å². The molecule has 0 radical (unpaired) electrons. The second-order valence-corrected chi connectivity index (χ2v) is 38.4. The molecule has 14 heterocycles. The molecule has 3 unspecified atom stereocenters. The van der Waals surface area contributed by atoms with Gasteiger partial charge in [0.2, 0.25) is 0 Å². The molecule has 14 aromatic heterocycles. The van der Waals surface area contributed by atoms with E-state index in [1.165, 1.54) is 186 Å². The summed E-state index contributed by atoms with van der Waals surface area (Å²) in [5, 5.41) is 51.2. The Kier molecular flexibility index (Phi) is 38.4. The van der Waals surface area contributed by atoms with Crippen LogP contribution in [-0.2, 0) is 16.4 Å². The molecular formula is C103H136N20O16S2. The highest BCUT2D eigenvalue weighted by Crippen LogP contribution is 2.39. The smallest absolute Gasteiger partial charge is 0.322 e. The maximum atomic E-state index is 12.0. The van der Waals surface area contributed by atoms with Crippen molar-refractivity contribution in [1.82, 2.24) is 93.0 Å². The molecule has 18 rings (SSSR count). The van der Waals surface area contributed by atoms with Crippen molar-refractivity contribution in [1.29, 1.82) is 5.26 Å². The van der Waals surface area contributed by atoms with E-state index in [9.17, 15) is 38.8 Å². The van der Waals surface area contributed by atoms with Gasteiger partial charge in [0.25, 0.3) is 0 Å². The molecule has 0 aliphatic rings. The fraction of sp³-hybridized carbons (Fsp3) is 0.485. The predicted molar refractivity (Wildman–Crippen MR) is 547 cm³/mol. The number of benzene rings is 4. The van der Waals surface area contributed by atoms with Crippen molar-refractivity contribution in [3.8, 4) is 6.07 Å². The summed E-state index contributed by atoms with van der Waals surface area (Å²) < 4.78 is 42.6. The Labute approximate surface area is 823 Å². The third-order valence-corrected chi connectivity index (χ3v) is 28.5. The Hall–Kier alpha value is -13.3. The second kappa shape index (κ2) is 50.7. The van der Waals surface area contributed by atoms with E-state index in [-0.39, 0.29) is 29.3 Å². The summed E-state index contributed by atoms with van der Waals surface area (Å²) in [6.45, 7) is 37.3. The molecule has 3 atom stereocenters. The lowest BCUT2D eigenvalue weighted by Crippen LogP contribution is -2.10. The molecule has 0 spiro atoms. The zero-order valence-electron chi connectivity index (χ0n) is 84.7. The standard InChI is InChI=1S/C20H34N2O4S.C18H23N3O2.C17H29N3O2S.C16H16N4O2.C16H19N3O2.C10H8N2O2.C6H7N3O2/c1-4-5-6-7-8-9-10-11-12-13-14-27-19-17(15-25-24-3)16(2)18-21-26-20(23)22(18)19;1-5-6-7-15(14-9-8-11(2)10-12(14)3)16-13(4)17-20-23-18(22)21(17)19-16;1-3-4-5-6-7-8-9-10-11-12-13-23-15-14(2)18-20-16(15)19-22-17(20)21;1-4-11(12-6-5-9(2)7-10(12)3)14-13(8-17)15-19-22-16(21)20(15)18-14;1-5-12(13-7-6-9(2)8-10(13)3)14-11(4)15-18-21-16(20)19(15)17-14;1-6-7-4-2-3-5-8(7)12-9(6)11-14-10(12)13;1-3-4(2)7-9-5(3)8-11-6(9)10/h21H,4-15H2,1-3H3;8-10,15,20H,5-7H2,1-4H3;19H,3-13H2,1-2H3;5-7,11,19H,4H2,1-3H3;6-8,12,18H,5H2,1-4H3;2-5,11H,1H3;8H,1-2H3. The maximum Gasteiger partial charge on any atom is 0.461 e. The molecule has 36 nitrogen and oxygen atoms in total. The minimum Gasteiger partial charge on any atom is -0.322 e. The molecule has 0 saturated carbocycles. The number of thioether (sulfide) groups is 2. The summed E-state index contributed by atoms with van der Waals surface area (Å²) >= 11 is 3.45. The predicted octanol–water partition coefficient (Wildman–Crippen LogP) is 22.1. The number of nitrogens with zero attached hydrogens (tertiary/aromatic N) is 13. The number of aryl methyl sites for hydroxylation is 13. The van der Waals surface area contributed by atoms with Gasteiger partial charge in [0, 0.05) is 56.5 Å². The minimum absolute atomic E-state index is 0.0389. The van der Waals surface area contributed by atoms with Crippen LogP contribution in [0.4, 0.5) is 0 Å². The molecule has 0 aliphatic heterocycles. The number of H-pyrrole nitrogens is 7. The van der Waals surface area contributed by atoms with Gasteiger partial charge in [-0.15, -0.1) is 46.1 Å². The van der Waals surface area contributed by atoms with Crippen LogP contribution < -0.4 is 40.3 Å². The van der Waals surface area contributed by atoms with Gasteiger partial charge in [-0.3, -0.25) is 0 Å². The lowest BCUT2D eigenvalue weighted by molar-refractivity contribution is -0.282. The quantitative estimate of drug-likeness (QED) is 0.00818. The highest BCUT2D eigenvalue weighted by atomic mass is 32.2. The van der Waals surface area contributed by atoms with Gasteiger partial charge in [0.1, 0.15) is 18.2 Å². The lowest BCUT2D eigenvalue weighted by atomic mass is 9.86. The second-order valence-electron chi connectivity index (χ2n) is 36.2. The Morgan fingerprint density at radius 2 is 0.738 bits per heavy atom. The van der Waals surface area contributed by atoms with Crippen molar-refractivity contribution < 1.29 is 41.4 Å². The summed E-state index contributed by atoms with van der Waals surface area (Å²) in [5.41, 5.74) is 26.7. The van der Waals surface area contributed by atoms with Crippen LogP contribution in [0.15, 0.2) is 154 Å². The van der Waals surface area contributed by atoms with Crippen LogP contribution in [0.25, 0.3) is 50.4 Å². The highest BCUT2D eigenvalue weighted by molar-refractivity contribution is 7.99. The van der Waals surface area contributed by atoms with Gasteiger partial charge < -0.3 is 31.7 Å². The molecule has 0 amide bonds. The summed E-state index contributed by atoms with van der Waals surface area (Å²) in [5.74, 6) is -0.869. The number of aromatic nitrogens is 19. The molecular weight excluding hydrogens is 1840 g/mol. The summed E-state index contributed by atoms with van der Waals surface area (Å²) in [6, 6.07) is 29.1. The normalized spacial score (nSPS) is 12.1. The number of para-hydroxylation sites is 1. The number of unbranched alkanes of at least 4 members (excludes halogenated alkanes) is 19. The Balaban J connectivity index is 0.000000149. The first-order valence-electron chi connectivity index (χ1n) is 49.2. The van der Waals surface area contributed by atoms with Crippen LogP contribution in [0.2, 0.25) is 0 Å². The van der Waals surface area contributed by atoms with Crippen LogP contribution in [0.3, 0.4) is 0 Å². The van der Waals surface area contributed by atoms with Gasteiger partial charge in [0.15, 0.2) is 39.5 Å². The summed E-state index contributed by atoms with van der Waals surface area (Å²) in [4.78, 5) is 91.5. The molecule has 0 saturated heterocycles. The Morgan fingerprint density at radius 3 is 1.19 bits per heavy atom. The van der Waals surface area contributed by atoms with Crippen molar-refractivity contribution >= 4 is 74.0 Å². The third kappa shape index (κ3) is 25.2. The Bertz CT molecular complexity index is 7630. The van der Waals surface area contributed by atoms with Crippen molar-refractivity contribution in [2.45, 2.75) is 319 Å². The van der Waals surface area contributed by atoms with E-state index in [0.717, 1.165) is 148 Å². The van der Waals surface area contributed by atoms with E-state index in [2.05, 4.69) is 181 Å². The van der Waals surface area contributed by atoms with E-state index < -0.39 is 28.8 Å². The van der Waals surface area contributed by atoms with Crippen LogP contribution in [0, 0.1) is 101 Å². The van der Waals surface area contributed by atoms with E-state index in [1.54, 1.807) is 32.3 Å². The molecule has 0 bridgehead atoms. The first-order valence-corrected chi connectivity index (χ1v) is 51.2. The van der Waals surface area contributed by atoms with Crippen molar-refractivity contribution in [3.63, 3.8) is 0 Å². The van der Waals surface area contributed by atoms with Crippen LogP contribution >= 0.6 is 23.5 Å². The van der Waals surface area contributed by atoms with Crippen LogP contribution in [0.1, 0.15) is 330 Å². The fourth-order valence-electron chi connectivity index (χ4n) is 18.2. The van der Waals surface area contributed by atoms with Crippen LogP contribution in [0.5, 0.6) is 0 Å². The highest BCUT2D eigenvalue weighted by Gasteiger charge is 2.30. The number of nitrogens with one attached hydrogen (secondary N) is 7. The molecule has 756 valence electrons. The van der Waals surface area contributed by atoms with Gasteiger partial charge in [-0.05, 0) is 173 Å². The minimum atomic E-state index is -0.617. The zero-order chi connectivity index (χ0) is 101. The molecule has 7 N–H and O–H groups in total. The summed E-state index contributed by atoms with van der Waals surface area (Å²) in [7, 11) is 1.49. The molecule has 0 aliphatic carbocycles. The number of rotatable bonds is 38. The summed E-state index contributed by atoms with van der Waals surface area (Å²) in [6.07, 6.45) is 31.7. The average Bonchev–Trinajstić information content (AvgIpc) is 1.61. The van der Waals surface area contributed by atoms with Gasteiger partial charge in [-0.2, -0.15) is 66.9 Å². The third-order valence-electron chi connectivity index (χ3n) is 26.1. The van der Waals surface area contributed by atoms with E-state index >= 15 is 0 Å². The van der Waals surface area contributed by atoms with Gasteiger partial charge in [-0.25, -0.2) is 52.1 Å². The monoisotopic (exact) mass is 1970 g/mol. The fourth-order valence-corrected chi connectivity index (χ4v) is 20.5. The SMILES string of the molecule is CCC(c1ccc(C)cc1C)c1nn2c(=O)o[nH]c2c1C.CCC(c1ccc(C)cc1C)c1nn2c(=O)o[nH]c2c1C#N.CCCCC(c1ccc(C)cc1C)c1nn2c(=O)o[nH]c2c1C.CCCCCCCCCCCCSc1c(C)nn2c(=O)o[nH]c12.CCCCCCCCCCCCSc1c(COOC)c(C)c2[nH]oc(=O)n12.Cc1c2ccccc2n2c(=O)o[nH]c12.Cc1nn2c(=O)o[nH]c2c1C. The first-order chi connectivity index (χ1) is 68.0. The van der Waals surface area contributed by atoms with Crippen molar-refractivity contribution in [2.24, 2.45) is 0 Å².